The summed E-state index contributed by atoms with van der Waals surface area (Å²) in [6.07, 6.45) is 0. The number of hydrogen-bond acceptors (Lipinski definition) is 4. The van der Waals surface area contributed by atoms with Gasteiger partial charge in [0.15, 0.2) is 0 Å². The number of anilines is 2. The Labute approximate surface area is 167 Å². The molecular formula is C25H18N2O2. The van der Waals surface area contributed by atoms with Gasteiger partial charge in [0.1, 0.15) is 11.2 Å². The number of fused-ring (bicyclic) bond motifs is 2. The number of nitrogen functional groups attached to an aromatic ring is 2. The zero-order valence-electron chi connectivity index (χ0n) is 15.6. The second-order valence-corrected chi connectivity index (χ2v) is 7.10. The topological polar surface area (TPSA) is 82.2 Å². The molecule has 1 heterocycles. The van der Waals surface area contributed by atoms with Gasteiger partial charge in [0.2, 0.25) is 5.43 Å². The molecule has 0 amide bonds. The highest BCUT2D eigenvalue weighted by Crippen LogP contribution is 2.28. The molecule has 0 radical (unpaired) electrons. The van der Waals surface area contributed by atoms with Crippen molar-refractivity contribution in [1.82, 2.24) is 0 Å². The summed E-state index contributed by atoms with van der Waals surface area (Å²) in [5.74, 6) is 0. The van der Waals surface area contributed by atoms with E-state index in [1.807, 2.05) is 84.9 Å². The molecule has 0 saturated heterocycles. The lowest BCUT2D eigenvalue weighted by atomic mass is 10.0. The average Bonchev–Trinajstić information content (AvgIpc) is 2.74. The Kier molecular flexibility index (Phi) is 3.85. The smallest absolute Gasteiger partial charge is 0.200 e. The quantitative estimate of drug-likeness (QED) is 0.316. The van der Waals surface area contributed by atoms with E-state index >= 15 is 0 Å². The summed E-state index contributed by atoms with van der Waals surface area (Å²) in [5, 5.41) is 1.12. The molecule has 4 nitrogen and oxygen atoms in total. The maximum atomic E-state index is 13.1. The largest absolute Gasteiger partial charge is 0.456 e. The fourth-order valence-corrected chi connectivity index (χ4v) is 3.56. The molecule has 0 aliphatic carbocycles. The molecule has 0 atom stereocenters. The Balaban J connectivity index is 1.67. The first-order valence-electron chi connectivity index (χ1n) is 9.31. The lowest BCUT2D eigenvalue weighted by Crippen LogP contribution is -2.02. The van der Waals surface area contributed by atoms with Crippen LogP contribution in [0, 0.1) is 0 Å². The molecule has 4 N–H and O–H groups in total. The normalized spacial score (nSPS) is 11.2. The van der Waals surface area contributed by atoms with E-state index in [1.165, 1.54) is 0 Å². The maximum absolute atomic E-state index is 13.1. The zero-order valence-corrected chi connectivity index (χ0v) is 15.6. The van der Waals surface area contributed by atoms with E-state index in [2.05, 4.69) is 0 Å². The molecule has 4 aromatic carbocycles. The molecular weight excluding hydrogens is 360 g/mol. The first kappa shape index (κ1) is 17.1. The van der Waals surface area contributed by atoms with Crippen LogP contribution in [-0.4, -0.2) is 0 Å². The van der Waals surface area contributed by atoms with Crippen LogP contribution >= 0.6 is 0 Å². The Bertz CT molecular complexity index is 1420. The van der Waals surface area contributed by atoms with E-state index < -0.39 is 0 Å². The third kappa shape index (κ3) is 3.01. The van der Waals surface area contributed by atoms with E-state index in [1.54, 1.807) is 0 Å². The Morgan fingerprint density at radius 1 is 0.517 bits per heavy atom. The van der Waals surface area contributed by atoms with Crippen molar-refractivity contribution in [1.29, 1.82) is 0 Å². The van der Waals surface area contributed by atoms with Gasteiger partial charge in [0, 0.05) is 11.4 Å². The summed E-state index contributed by atoms with van der Waals surface area (Å²) in [5.41, 5.74) is 18.0. The monoisotopic (exact) mass is 378 g/mol. The highest BCUT2D eigenvalue weighted by molar-refractivity contribution is 5.93. The first-order valence-corrected chi connectivity index (χ1v) is 9.31. The number of hydrogen-bond donors (Lipinski definition) is 2. The van der Waals surface area contributed by atoms with Gasteiger partial charge in [-0.1, -0.05) is 36.4 Å². The van der Waals surface area contributed by atoms with Gasteiger partial charge < -0.3 is 15.9 Å². The third-order valence-corrected chi connectivity index (χ3v) is 5.16. The van der Waals surface area contributed by atoms with Crippen LogP contribution in [0.5, 0.6) is 0 Å². The van der Waals surface area contributed by atoms with Crippen molar-refractivity contribution in [3.8, 4) is 22.3 Å². The van der Waals surface area contributed by atoms with Gasteiger partial charge in [-0.3, -0.25) is 4.79 Å². The van der Waals surface area contributed by atoms with Crippen molar-refractivity contribution in [2.45, 2.75) is 0 Å². The van der Waals surface area contributed by atoms with Crippen LogP contribution in [0.1, 0.15) is 0 Å². The molecule has 5 aromatic rings. The van der Waals surface area contributed by atoms with Crippen LogP contribution in [0.3, 0.4) is 0 Å². The second kappa shape index (κ2) is 6.53. The minimum atomic E-state index is -0.0394. The first-order chi connectivity index (χ1) is 14.1. The summed E-state index contributed by atoms with van der Waals surface area (Å²) in [6.45, 7) is 0. The standard InChI is InChI=1S/C25H18N2O2/c26-19-7-1-15(2-8-19)17-6-12-23-22(13-17)25(28)21-11-5-18(14-24(21)29-23)16-3-9-20(27)10-4-16/h1-14H,26-27H2. The summed E-state index contributed by atoms with van der Waals surface area (Å²) >= 11 is 0. The molecule has 0 bridgehead atoms. The van der Waals surface area contributed by atoms with Gasteiger partial charge in [-0.2, -0.15) is 0 Å². The van der Waals surface area contributed by atoms with Crippen molar-refractivity contribution in [2.75, 3.05) is 11.5 Å². The van der Waals surface area contributed by atoms with Crippen LogP contribution < -0.4 is 16.9 Å². The van der Waals surface area contributed by atoms with Gasteiger partial charge in [-0.25, -0.2) is 0 Å². The van der Waals surface area contributed by atoms with E-state index in [0.717, 1.165) is 22.3 Å². The summed E-state index contributed by atoms with van der Waals surface area (Å²) < 4.78 is 6.08. The van der Waals surface area contributed by atoms with Crippen LogP contribution in [-0.2, 0) is 0 Å². The van der Waals surface area contributed by atoms with Crippen molar-refractivity contribution in [3.05, 3.63) is 95.2 Å². The Morgan fingerprint density at radius 3 is 1.66 bits per heavy atom. The molecule has 1 aromatic heterocycles. The molecule has 0 aliphatic heterocycles. The van der Waals surface area contributed by atoms with Crippen molar-refractivity contribution >= 4 is 33.3 Å². The molecule has 0 saturated carbocycles. The highest BCUT2D eigenvalue weighted by Gasteiger charge is 2.10. The Hall–Kier alpha value is -4.05. The van der Waals surface area contributed by atoms with Gasteiger partial charge in [0.05, 0.1) is 10.8 Å². The van der Waals surface area contributed by atoms with E-state index in [-0.39, 0.29) is 5.43 Å². The summed E-state index contributed by atoms with van der Waals surface area (Å²) in [7, 11) is 0. The van der Waals surface area contributed by atoms with Gasteiger partial charge in [0.25, 0.3) is 0 Å². The number of benzene rings is 4. The molecule has 140 valence electrons. The van der Waals surface area contributed by atoms with Gasteiger partial charge in [-0.05, 0) is 70.8 Å². The molecule has 0 spiro atoms. The fraction of sp³-hybridized carbons (Fsp3) is 0. The molecule has 29 heavy (non-hydrogen) atoms. The minimum Gasteiger partial charge on any atom is -0.456 e. The van der Waals surface area contributed by atoms with Gasteiger partial charge in [-0.15, -0.1) is 0 Å². The van der Waals surface area contributed by atoms with E-state index in [0.29, 0.717) is 33.3 Å². The highest BCUT2D eigenvalue weighted by atomic mass is 16.3. The van der Waals surface area contributed by atoms with Crippen molar-refractivity contribution < 1.29 is 4.42 Å². The number of rotatable bonds is 2. The predicted octanol–water partition coefficient (Wildman–Crippen LogP) is 5.44. The molecule has 0 fully saturated rings. The molecule has 4 heteroatoms. The minimum absolute atomic E-state index is 0.0394. The van der Waals surface area contributed by atoms with E-state index in [9.17, 15) is 4.79 Å². The van der Waals surface area contributed by atoms with E-state index in [4.69, 9.17) is 15.9 Å². The van der Waals surface area contributed by atoms with Crippen LogP contribution in [0.15, 0.2) is 94.1 Å². The molecule has 0 aliphatic rings. The summed E-state index contributed by atoms with van der Waals surface area (Å²) in [4.78, 5) is 13.1. The lowest BCUT2D eigenvalue weighted by Gasteiger charge is -2.07. The third-order valence-electron chi connectivity index (χ3n) is 5.16. The maximum Gasteiger partial charge on any atom is 0.200 e. The second-order valence-electron chi connectivity index (χ2n) is 7.10. The fourth-order valence-electron chi connectivity index (χ4n) is 3.56. The summed E-state index contributed by atoms with van der Waals surface area (Å²) in [6, 6.07) is 26.5. The Morgan fingerprint density at radius 2 is 1.03 bits per heavy atom. The van der Waals surface area contributed by atoms with Crippen molar-refractivity contribution in [2.24, 2.45) is 0 Å². The van der Waals surface area contributed by atoms with Crippen molar-refractivity contribution in [3.63, 3.8) is 0 Å². The predicted molar refractivity (Wildman–Crippen MR) is 120 cm³/mol. The number of nitrogens with two attached hydrogens (primary N) is 2. The zero-order chi connectivity index (χ0) is 20.0. The van der Waals surface area contributed by atoms with Crippen LogP contribution in [0.4, 0.5) is 11.4 Å². The average molecular weight is 378 g/mol. The van der Waals surface area contributed by atoms with Crippen LogP contribution in [0.2, 0.25) is 0 Å². The van der Waals surface area contributed by atoms with Crippen LogP contribution in [0.25, 0.3) is 44.2 Å². The molecule has 5 rings (SSSR count). The lowest BCUT2D eigenvalue weighted by molar-refractivity contribution is 0.660. The van der Waals surface area contributed by atoms with Gasteiger partial charge >= 0.3 is 0 Å². The SMILES string of the molecule is Nc1ccc(-c2ccc3c(=O)c4cc(-c5ccc(N)cc5)ccc4oc3c2)cc1. The molecule has 0 unspecified atom stereocenters.